The Bertz CT molecular complexity index is 392. The molecule has 0 N–H and O–H groups in total. The Morgan fingerprint density at radius 1 is 1.31 bits per heavy atom. The zero-order valence-electron chi connectivity index (χ0n) is 10.8. The van der Waals surface area contributed by atoms with E-state index in [1.165, 1.54) is 0 Å². The molecule has 0 saturated carbocycles. The molecule has 0 aliphatic heterocycles. The van der Waals surface area contributed by atoms with Crippen LogP contribution >= 0.6 is 0 Å². The van der Waals surface area contributed by atoms with E-state index in [1.807, 2.05) is 45.9 Å². The fourth-order valence-corrected chi connectivity index (χ4v) is 1.61. The standard InChI is InChI=1S/C14H20O2/c1-10-7-6-8-12(11(10)2)13(15)9-14(3,4)16-5/h6-8H,9H2,1-5H3. The van der Waals surface area contributed by atoms with Crippen LogP contribution in [0, 0.1) is 13.8 Å². The summed E-state index contributed by atoms with van der Waals surface area (Å²) in [7, 11) is 1.64. The molecule has 0 bridgehead atoms. The van der Waals surface area contributed by atoms with Gasteiger partial charge in [0.15, 0.2) is 5.78 Å². The second-order valence-corrected chi connectivity index (χ2v) is 4.81. The molecule has 0 fully saturated rings. The molecule has 1 aromatic carbocycles. The highest BCUT2D eigenvalue weighted by Gasteiger charge is 2.22. The maximum Gasteiger partial charge on any atom is 0.166 e. The van der Waals surface area contributed by atoms with Crippen LogP contribution in [0.5, 0.6) is 0 Å². The Kier molecular flexibility index (Phi) is 3.87. The minimum atomic E-state index is -0.396. The number of hydrogen-bond donors (Lipinski definition) is 0. The number of Topliss-reactive ketones (excluding diaryl/α,β-unsaturated/α-hetero) is 1. The van der Waals surface area contributed by atoms with Crippen molar-refractivity contribution in [2.24, 2.45) is 0 Å². The van der Waals surface area contributed by atoms with Gasteiger partial charge in [0.05, 0.1) is 5.60 Å². The molecule has 2 nitrogen and oxygen atoms in total. The van der Waals surface area contributed by atoms with Gasteiger partial charge in [-0.1, -0.05) is 18.2 Å². The van der Waals surface area contributed by atoms with Gasteiger partial charge >= 0.3 is 0 Å². The van der Waals surface area contributed by atoms with Gasteiger partial charge in [-0.3, -0.25) is 4.79 Å². The molecule has 1 rings (SSSR count). The SMILES string of the molecule is COC(C)(C)CC(=O)c1cccc(C)c1C. The minimum absolute atomic E-state index is 0.146. The molecule has 0 unspecified atom stereocenters. The number of ether oxygens (including phenoxy) is 1. The summed E-state index contributed by atoms with van der Waals surface area (Å²) in [5, 5.41) is 0. The van der Waals surface area contributed by atoms with Crippen molar-refractivity contribution in [3.05, 3.63) is 34.9 Å². The first-order chi connectivity index (χ1) is 7.37. The van der Waals surface area contributed by atoms with Gasteiger partial charge in [-0.25, -0.2) is 0 Å². The van der Waals surface area contributed by atoms with E-state index in [0.717, 1.165) is 16.7 Å². The third-order valence-electron chi connectivity index (χ3n) is 3.04. The average molecular weight is 220 g/mol. The highest BCUT2D eigenvalue weighted by Crippen LogP contribution is 2.20. The Morgan fingerprint density at radius 3 is 2.50 bits per heavy atom. The monoisotopic (exact) mass is 220 g/mol. The van der Waals surface area contributed by atoms with E-state index in [2.05, 4.69) is 0 Å². The number of rotatable bonds is 4. The molecule has 0 aliphatic carbocycles. The van der Waals surface area contributed by atoms with E-state index in [9.17, 15) is 4.79 Å². The number of hydrogen-bond acceptors (Lipinski definition) is 2. The number of aryl methyl sites for hydroxylation is 1. The highest BCUT2D eigenvalue weighted by atomic mass is 16.5. The Hall–Kier alpha value is -1.15. The summed E-state index contributed by atoms with van der Waals surface area (Å²) in [5.41, 5.74) is 2.64. The van der Waals surface area contributed by atoms with E-state index >= 15 is 0 Å². The van der Waals surface area contributed by atoms with E-state index in [1.54, 1.807) is 7.11 Å². The van der Waals surface area contributed by atoms with Gasteiger partial charge < -0.3 is 4.74 Å². The Labute approximate surface area is 97.6 Å². The van der Waals surface area contributed by atoms with E-state index < -0.39 is 5.60 Å². The molecule has 0 aromatic heterocycles. The maximum absolute atomic E-state index is 12.1. The van der Waals surface area contributed by atoms with Gasteiger partial charge in [0.2, 0.25) is 0 Å². The molecule has 2 heteroatoms. The summed E-state index contributed by atoms with van der Waals surface area (Å²) in [6.07, 6.45) is 0.411. The minimum Gasteiger partial charge on any atom is -0.378 e. The molecule has 0 saturated heterocycles. The molecule has 0 heterocycles. The third kappa shape index (κ3) is 2.92. The second kappa shape index (κ2) is 4.79. The van der Waals surface area contributed by atoms with Crippen LogP contribution in [-0.2, 0) is 4.74 Å². The van der Waals surface area contributed by atoms with Crippen LogP contribution in [0.3, 0.4) is 0 Å². The predicted molar refractivity (Wildman–Crippen MR) is 66.0 cm³/mol. The fraction of sp³-hybridized carbons (Fsp3) is 0.500. The third-order valence-corrected chi connectivity index (χ3v) is 3.04. The second-order valence-electron chi connectivity index (χ2n) is 4.81. The maximum atomic E-state index is 12.1. The number of ketones is 1. The van der Waals surface area contributed by atoms with E-state index in [4.69, 9.17) is 4.74 Å². The molecule has 1 aromatic rings. The molecule has 0 aliphatic rings. The lowest BCUT2D eigenvalue weighted by molar-refractivity contribution is 0.0172. The van der Waals surface area contributed by atoms with Gasteiger partial charge in [-0.05, 0) is 38.8 Å². The zero-order valence-corrected chi connectivity index (χ0v) is 10.8. The summed E-state index contributed by atoms with van der Waals surface area (Å²) in [4.78, 5) is 12.1. The predicted octanol–water partition coefficient (Wildman–Crippen LogP) is 3.30. The van der Waals surface area contributed by atoms with Crippen molar-refractivity contribution in [1.29, 1.82) is 0 Å². The number of methoxy groups -OCH3 is 1. The molecule has 16 heavy (non-hydrogen) atoms. The van der Waals surface area contributed by atoms with Crippen LogP contribution in [0.15, 0.2) is 18.2 Å². The van der Waals surface area contributed by atoms with Gasteiger partial charge in [-0.2, -0.15) is 0 Å². The Balaban J connectivity index is 2.94. The number of carbonyl (C=O) groups excluding carboxylic acids is 1. The van der Waals surface area contributed by atoms with Crippen molar-refractivity contribution >= 4 is 5.78 Å². The van der Waals surface area contributed by atoms with Gasteiger partial charge in [0, 0.05) is 19.1 Å². The lowest BCUT2D eigenvalue weighted by Gasteiger charge is -2.22. The van der Waals surface area contributed by atoms with Crippen molar-refractivity contribution in [3.63, 3.8) is 0 Å². The van der Waals surface area contributed by atoms with Crippen LogP contribution in [-0.4, -0.2) is 18.5 Å². The summed E-state index contributed by atoms with van der Waals surface area (Å²) >= 11 is 0. The van der Waals surface area contributed by atoms with Crippen molar-refractivity contribution in [1.82, 2.24) is 0 Å². The van der Waals surface area contributed by atoms with Gasteiger partial charge in [0.25, 0.3) is 0 Å². The quantitative estimate of drug-likeness (QED) is 0.728. The lowest BCUT2D eigenvalue weighted by atomic mass is 9.93. The van der Waals surface area contributed by atoms with Crippen LogP contribution < -0.4 is 0 Å². The first-order valence-electron chi connectivity index (χ1n) is 5.52. The average Bonchev–Trinajstić information content (AvgIpc) is 2.21. The normalized spacial score (nSPS) is 11.6. The zero-order chi connectivity index (χ0) is 12.3. The Morgan fingerprint density at radius 2 is 1.94 bits per heavy atom. The van der Waals surface area contributed by atoms with Crippen LogP contribution in [0.4, 0.5) is 0 Å². The van der Waals surface area contributed by atoms with Crippen LogP contribution in [0.25, 0.3) is 0 Å². The molecule has 0 spiro atoms. The number of benzene rings is 1. The van der Waals surface area contributed by atoms with E-state index in [-0.39, 0.29) is 5.78 Å². The molecule has 0 radical (unpaired) electrons. The summed E-state index contributed by atoms with van der Waals surface area (Å²) in [6.45, 7) is 7.86. The van der Waals surface area contributed by atoms with Crippen molar-refractivity contribution in [2.45, 2.75) is 39.7 Å². The largest absolute Gasteiger partial charge is 0.378 e. The highest BCUT2D eigenvalue weighted by molar-refractivity contribution is 5.98. The van der Waals surface area contributed by atoms with Crippen LogP contribution in [0.2, 0.25) is 0 Å². The molecular formula is C14H20O2. The summed E-state index contributed by atoms with van der Waals surface area (Å²) in [6, 6.07) is 5.83. The summed E-state index contributed by atoms with van der Waals surface area (Å²) < 4.78 is 5.28. The fourth-order valence-electron chi connectivity index (χ4n) is 1.61. The smallest absolute Gasteiger partial charge is 0.166 e. The molecule has 0 atom stereocenters. The van der Waals surface area contributed by atoms with Gasteiger partial charge in [0.1, 0.15) is 0 Å². The number of carbonyl (C=O) groups is 1. The van der Waals surface area contributed by atoms with E-state index in [0.29, 0.717) is 6.42 Å². The van der Waals surface area contributed by atoms with Crippen molar-refractivity contribution in [2.75, 3.05) is 7.11 Å². The first-order valence-corrected chi connectivity index (χ1v) is 5.52. The van der Waals surface area contributed by atoms with Crippen molar-refractivity contribution < 1.29 is 9.53 Å². The lowest BCUT2D eigenvalue weighted by Crippen LogP contribution is -2.26. The molecular weight excluding hydrogens is 200 g/mol. The topological polar surface area (TPSA) is 26.3 Å². The molecule has 0 amide bonds. The van der Waals surface area contributed by atoms with Crippen molar-refractivity contribution in [3.8, 4) is 0 Å². The molecule has 88 valence electrons. The van der Waals surface area contributed by atoms with Gasteiger partial charge in [-0.15, -0.1) is 0 Å². The first kappa shape index (κ1) is 12.9. The van der Waals surface area contributed by atoms with Crippen LogP contribution in [0.1, 0.15) is 41.8 Å². The summed E-state index contributed by atoms with van der Waals surface area (Å²) in [5.74, 6) is 0.146.